The fourth-order valence-corrected chi connectivity index (χ4v) is 5.03. The molecule has 8 nitrogen and oxygen atoms in total. The van der Waals surface area contributed by atoms with Crippen LogP contribution in [0.4, 0.5) is 11.5 Å². The maximum absolute atomic E-state index is 12.5. The molecule has 0 spiro atoms. The van der Waals surface area contributed by atoms with Crippen LogP contribution in [0.5, 0.6) is 5.75 Å². The Bertz CT molecular complexity index is 1160. The highest BCUT2D eigenvalue weighted by Crippen LogP contribution is 2.30. The molecule has 2 fully saturated rings. The first-order valence-electron chi connectivity index (χ1n) is 12.6. The van der Waals surface area contributed by atoms with E-state index in [2.05, 4.69) is 32.1 Å². The number of likely N-dealkylation sites (tertiary alicyclic amines) is 1. The molecule has 0 bridgehead atoms. The summed E-state index contributed by atoms with van der Waals surface area (Å²) in [7, 11) is 1.72. The smallest absolute Gasteiger partial charge is 0.234 e. The molecule has 8 heteroatoms. The van der Waals surface area contributed by atoms with E-state index in [4.69, 9.17) is 14.7 Å². The van der Waals surface area contributed by atoms with Crippen LogP contribution in [0.2, 0.25) is 0 Å². The van der Waals surface area contributed by atoms with Crippen LogP contribution >= 0.6 is 0 Å². The highest BCUT2D eigenvalue weighted by molar-refractivity contribution is 5.89. The van der Waals surface area contributed by atoms with Crippen molar-refractivity contribution in [3.63, 3.8) is 0 Å². The lowest BCUT2D eigenvalue weighted by molar-refractivity contribution is -0.122. The number of carbonyl (C=O) groups is 1. The van der Waals surface area contributed by atoms with Crippen molar-refractivity contribution in [1.29, 1.82) is 0 Å². The zero-order valence-electron chi connectivity index (χ0n) is 20.4. The van der Waals surface area contributed by atoms with Crippen LogP contribution < -0.4 is 19.9 Å². The minimum atomic E-state index is 0.0376. The predicted octanol–water partition coefficient (Wildman–Crippen LogP) is 3.07. The van der Waals surface area contributed by atoms with E-state index < -0.39 is 0 Å². The number of ether oxygens (including phenoxy) is 1. The van der Waals surface area contributed by atoms with E-state index in [1.54, 1.807) is 7.11 Å². The summed E-state index contributed by atoms with van der Waals surface area (Å²) in [6.45, 7) is 6.24. The third kappa shape index (κ3) is 5.48. The van der Waals surface area contributed by atoms with Gasteiger partial charge in [-0.15, -0.1) is 0 Å². The summed E-state index contributed by atoms with van der Waals surface area (Å²) in [5.41, 5.74) is 2.03. The number of methoxy groups -OCH3 is 1. The van der Waals surface area contributed by atoms with Crippen LogP contribution in [-0.4, -0.2) is 73.7 Å². The van der Waals surface area contributed by atoms with Gasteiger partial charge in [0.15, 0.2) is 5.82 Å². The minimum Gasteiger partial charge on any atom is -0.495 e. The molecule has 1 N–H and O–H groups in total. The Balaban J connectivity index is 1.28. The summed E-state index contributed by atoms with van der Waals surface area (Å²) >= 11 is 0. The summed E-state index contributed by atoms with van der Waals surface area (Å²) in [4.78, 5) is 29.1. The quantitative estimate of drug-likeness (QED) is 0.564. The van der Waals surface area contributed by atoms with E-state index in [9.17, 15) is 4.79 Å². The maximum atomic E-state index is 12.5. The molecule has 2 saturated heterocycles. The maximum Gasteiger partial charge on any atom is 0.234 e. The van der Waals surface area contributed by atoms with Crippen LogP contribution in [0.1, 0.15) is 25.1 Å². The van der Waals surface area contributed by atoms with Crippen molar-refractivity contribution in [3.8, 4) is 5.75 Å². The van der Waals surface area contributed by atoms with Gasteiger partial charge in [-0.1, -0.05) is 30.7 Å². The molecule has 0 unspecified atom stereocenters. The number of para-hydroxylation sites is 3. The monoisotopic (exact) mass is 474 g/mol. The molecule has 1 aromatic heterocycles. The first kappa shape index (κ1) is 23.4. The summed E-state index contributed by atoms with van der Waals surface area (Å²) < 4.78 is 5.56. The number of fused-ring (bicyclic) bond motifs is 1. The SMILES string of the molecule is COc1ccccc1N1CCN(c2nc(CNC(=O)CN3CCCCC3)nc3ccccc23)CC1. The second-order valence-corrected chi connectivity index (χ2v) is 9.24. The molecule has 184 valence electrons. The number of piperidine rings is 1. The highest BCUT2D eigenvalue weighted by Gasteiger charge is 2.23. The lowest BCUT2D eigenvalue weighted by Crippen LogP contribution is -2.47. The molecule has 3 aromatic rings. The van der Waals surface area contributed by atoms with Crippen molar-refractivity contribution in [2.75, 3.05) is 62.7 Å². The Morgan fingerprint density at radius 3 is 2.40 bits per heavy atom. The molecule has 3 heterocycles. The van der Waals surface area contributed by atoms with E-state index in [1.165, 1.54) is 19.3 Å². The zero-order chi connectivity index (χ0) is 24.0. The van der Waals surface area contributed by atoms with Crippen molar-refractivity contribution < 1.29 is 9.53 Å². The number of rotatable bonds is 7. The normalized spacial score (nSPS) is 16.9. The lowest BCUT2D eigenvalue weighted by atomic mass is 10.1. The number of hydrogen-bond acceptors (Lipinski definition) is 7. The van der Waals surface area contributed by atoms with Gasteiger partial charge in [-0.25, -0.2) is 9.97 Å². The molecule has 0 atom stereocenters. The standard InChI is InChI=1S/C27H34N6O2/c1-35-24-12-6-5-11-23(24)32-15-17-33(18-16-32)27-21-9-3-4-10-22(21)29-25(30-27)19-28-26(34)20-31-13-7-2-8-14-31/h3-6,9-12H,2,7-8,13-20H2,1H3,(H,28,34). The average Bonchev–Trinajstić information content (AvgIpc) is 2.92. The third-order valence-electron chi connectivity index (χ3n) is 6.89. The lowest BCUT2D eigenvalue weighted by Gasteiger charge is -2.37. The number of amides is 1. The van der Waals surface area contributed by atoms with Gasteiger partial charge in [-0.3, -0.25) is 9.69 Å². The van der Waals surface area contributed by atoms with Gasteiger partial charge in [0.1, 0.15) is 11.6 Å². The number of anilines is 2. The molecular formula is C27H34N6O2. The Morgan fingerprint density at radius 1 is 0.886 bits per heavy atom. The van der Waals surface area contributed by atoms with E-state index in [-0.39, 0.29) is 5.91 Å². The van der Waals surface area contributed by atoms with Crippen molar-refractivity contribution in [2.24, 2.45) is 0 Å². The van der Waals surface area contributed by atoms with Crippen LogP contribution in [0.15, 0.2) is 48.5 Å². The summed E-state index contributed by atoms with van der Waals surface area (Å²) in [6, 6.07) is 16.3. The Kier molecular flexibility index (Phi) is 7.28. The second kappa shape index (κ2) is 10.9. The van der Waals surface area contributed by atoms with Gasteiger partial charge < -0.3 is 19.9 Å². The molecule has 1 amide bonds. The Labute approximate surface area is 206 Å². The molecule has 2 aliphatic rings. The van der Waals surface area contributed by atoms with Crippen LogP contribution in [0.25, 0.3) is 10.9 Å². The molecular weight excluding hydrogens is 440 g/mol. The number of nitrogens with one attached hydrogen (secondary N) is 1. The molecule has 0 saturated carbocycles. The van der Waals surface area contributed by atoms with Gasteiger partial charge in [0.05, 0.1) is 31.4 Å². The first-order valence-corrected chi connectivity index (χ1v) is 12.6. The number of carbonyl (C=O) groups excluding carboxylic acids is 1. The van der Waals surface area contributed by atoms with Crippen LogP contribution in [0, 0.1) is 0 Å². The average molecular weight is 475 g/mol. The van der Waals surface area contributed by atoms with Gasteiger partial charge in [0, 0.05) is 31.6 Å². The van der Waals surface area contributed by atoms with Crippen molar-refractivity contribution in [1.82, 2.24) is 20.2 Å². The number of hydrogen-bond donors (Lipinski definition) is 1. The number of aromatic nitrogens is 2. The van der Waals surface area contributed by atoms with E-state index in [1.807, 2.05) is 36.4 Å². The van der Waals surface area contributed by atoms with Crippen LogP contribution in [0.3, 0.4) is 0 Å². The number of piperazine rings is 1. The largest absolute Gasteiger partial charge is 0.495 e. The Morgan fingerprint density at radius 2 is 1.60 bits per heavy atom. The zero-order valence-corrected chi connectivity index (χ0v) is 20.4. The molecule has 0 radical (unpaired) electrons. The fourth-order valence-electron chi connectivity index (χ4n) is 5.03. The fraction of sp³-hybridized carbons (Fsp3) is 0.444. The molecule has 35 heavy (non-hydrogen) atoms. The predicted molar refractivity (Wildman–Crippen MR) is 139 cm³/mol. The first-order chi connectivity index (χ1) is 17.2. The topological polar surface area (TPSA) is 73.8 Å². The van der Waals surface area contributed by atoms with Gasteiger partial charge in [0.25, 0.3) is 0 Å². The molecule has 0 aliphatic carbocycles. The molecule has 2 aromatic carbocycles. The third-order valence-corrected chi connectivity index (χ3v) is 6.89. The van der Waals surface area contributed by atoms with Gasteiger partial charge >= 0.3 is 0 Å². The summed E-state index contributed by atoms with van der Waals surface area (Å²) in [6.07, 6.45) is 3.61. The van der Waals surface area contributed by atoms with E-state index >= 15 is 0 Å². The van der Waals surface area contributed by atoms with Crippen molar-refractivity contribution >= 4 is 28.3 Å². The van der Waals surface area contributed by atoms with Gasteiger partial charge in [-0.05, 0) is 50.2 Å². The summed E-state index contributed by atoms with van der Waals surface area (Å²) in [5, 5.41) is 4.08. The van der Waals surface area contributed by atoms with Crippen molar-refractivity contribution in [3.05, 3.63) is 54.4 Å². The molecule has 5 rings (SSSR count). The van der Waals surface area contributed by atoms with Gasteiger partial charge in [0.2, 0.25) is 5.91 Å². The summed E-state index contributed by atoms with van der Waals surface area (Å²) in [5.74, 6) is 2.53. The highest BCUT2D eigenvalue weighted by atomic mass is 16.5. The number of benzene rings is 2. The van der Waals surface area contributed by atoms with E-state index in [0.717, 1.165) is 67.4 Å². The van der Waals surface area contributed by atoms with E-state index in [0.29, 0.717) is 18.9 Å². The van der Waals surface area contributed by atoms with Crippen molar-refractivity contribution in [2.45, 2.75) is 25.8 Å². The van der Waals surface area contributed by atoms with Crippen LogP contribution in [-0.2, 0) is 11.3 Å². The second-order valence-electron chi connectivity index (χ2n) is 9.24. The Hall–Kier alpha value is -3.39. The number of nitrogens with zero attached hydrogens (tertiary/aromatic N) is 5. The van der Waals surface area contributed by atoms with Gasteiger partial charge in [-0.2, -0.15) is 0 Å². The molecule has 2 aliphatic heterocycles. The minimum absolute atomic E-state index is 0.0376.